The van der Waals surface area contributed by atoms with Crippen LogP contribution < -0.4 is 10.2 Å². The van der Waals surface area contributed by atoms with E-state index in [9.17, 15) is 14.9 Å². The van der Waals surface area contributed by atoms with Gasteiger partial charge in [0.15, 0.2) is 0 Å². The molecule has 1 N–H and O–H groups in total. The molecule has 2 aromatic carbocycles. The summed E-state index contributed by atoms with van der Waals surface area (Å²) in [6.45, 7) is 3.48. The number of nitrogens with zero attached hydrogens (tertiary/aromatic N) is 3. The molecule has 1 fully saturated rings. The summed E-state index contributed by atoms with van der Waals surface area (Å²) < 4.78 is 0. The number of carbonyl (C=O) groups is 1. The van der Waals surface area contributed by atoms with Gasteiger partial charge < -0.3 is 10.2 Å². The maximum Gasteiger partial charge on any atom is 0.269 e. The summed E-state index contributed by atoms with van der Waals surface area (Å²) in [5.74, 6) is -0.0179. The Kier molecular flexibility index (Phi) is 6.31. The van der Waals surface area contributed by atoms with Gasteiger partial charge in [-0.1, -0.05) is 0 Å². The first-order chi connectivity index (χ1) is 13.0. The Morgan fingerprint density at radius 1 is 1.07 bits per heavy atom. The Hall–Kier alpha value is -2.58. The second kappa shape index (κ2) is 8.88. The molecule has 0 unspecified atom stereocenters. The highest BCUT2D eigenvalue weighted by Crippen LogP contribution is 2.21. The van der Waals surface area contributed by atoms with Gasteiger partial charge in [-0.3, -0.25) is 19.8 Å². The van der Waals surface area contributed by atoms with Crippen molar-refractivity contribution in [2.24, 2.45) is 0 Å². The van der Waals surface area contributed by atoms with Crippen molar-refractivity contribution in [2.45, 2.75) is 4.90 Å². The van der Waals surface area contributed by atoms with E-state index in [4.69, 9.17) is 0 Å². The number of nitrogens with one attached hydrogen (secondary N) is 1. The first-order valence-corrected chi connectivity index (χ1v) is 9.93. The molecule has 1 heterocycles. The van der Waals surface area contributed by atoms with E-state index in [-0.39, 0.29) is 11.6 Å². The third-order valence-electron chi connectivity index (χ3n) is 4.54. The summed E-state index contributed by atoms with van der Waals surface area (Å²) in [5, 5.41) is 13.7. The number of rotatable bonds is 6. The van der Waals surface area contributed by atoms with Gasteiger partial charge in [-0.05, 0) is 42.7 Å². The number of piperazine rings is 1. The Labute approximate surface area is 162 Å². The number of benzene rings is 2. The third kappa shape index (κ3) is 5.21. The number of hydrogen-bond acceptors (Lipinski definition) is 6. The highest BCUT2D eigenvalue weighted by molar-refractivity contribution is 7.98. The van der Waals surface area contributed by atoms with Crippen LogP contribution in [0.15, 0.2) is 53.4 Å². The van der Waals surface area contributed by atoms with E-state index in [1.807, 2.05) is 30.5 Å². The lowest BCUT2D eigenvalue weighted by Gasteiger charge is -2.35. The molecule has 8 heteroatoms. The van der Waals surface area contributed by atoms with E-state index in [0.717, 1.165) is 42.4 Å². The van der Waals surface area contributed by atoms with Crippen LogP contribution in [0.3, 0.4) is 0 Å². The van der Waals surface area contributed by atoms with Crippen LogP contribution in [-0.4, -0.2) is 54.7 Å². The fourth-order valence-electron chi connectivity index (χ4n) is 3.03. The quantitative estimate of drug-likeness (QED) is 0.467. The second-order valence-electron chi connectivity index (χ2n) is 6.31. The van der Waals surface area contributed by atoms with Gasteiger partial charge in [-0.15, -0.1) is 11.8 Å². The second-order valence-corrected chi connectivity index (χ2v) is 7.19. The smallest absolute Gasteiger partial charge is 0.269 e. The Balaban J connectivity index is 1.47. The van der Waals surface area contributed by atoms with Crippen LogP contribution in [0, 0.1) is 10.1 Å². The predicted molar refractivity (Wildman–Crippen MR) is 109 cm³/mol. The maximum atomic E-state index is 12.3. The van der Waals surface area contributed by atoms with Crippen molar-refractivity contribution in [1.29, 1.82) is 0 Å². The summed E-state index contributed by atoms with van der Waals surface area (Å²) in [7, 11) is 0. The molecule has 1 aliphatic heterocycles. The zero-order chi connectivity index (χ0) is 19.2. The molecule has 1 amide bonds. The average molecular weight is 386 g/mol. The molecule has 0 bridgehead atoms. The number of amides is 1. The lowest BCUT2D eigenvalue weighted by atomic mass is 10.2. The Morgan fingerprint density at radius 2 is 1.70 bits per heavy atom. The van der Waals surface area contributed by atoms with Gasteiger partial charge in [0.05, 0.1) is 11.5 Å². The molecule has 27 heavy (non-hydrogen) atoms. The van der Waals surface area contributed by atoms with E-state index < -0.39 is 4.92 Å². The lowest BCUT2D eigenvalue weighted by Crippen LogP contribution is -2.48. The van der Waals surface area contributed by atoms with Crippen LogP contribution in [0.4, 0.5) is 17.1 Å². The van der Waals surface area contributed by atoms with Crippen molar-refractivity contribution in [2.75, 3.05) is 49.2 Å². The molecule has 0 saturated carbocycles. The van der Waals surface area contributed by atoms with Crippen molar-refractivity contribution in [3.8, 4) is 0 Å². The highest BCUT2D eigenvalue weighted by atomic mass is 32.2. The number of thioether (sulfide) groups is 1. The van der Waals surface area contributed by atoms with E-state index >= 15 is 0 Å². The molecule has 0 radical (unpaired) electrons. The van der Waals surface area contributed by atoms with Crippen molar-refractivity contribution < 1.29 is 9.72 Å². The molecule has 7 nitrogen and oxygen atoms in total. The van der Waals surface area contributed by atoms with Gasteiger partial charge in [0.2, 0.25) is 5.91 Å². The van der Waals surface area contributed by atoms with Gasteiger partial charge in [0.25, 0.3) is 5.69 Å². The molecule has 0 atom stereocenters. The summed E-state index contributed by atoms with van der Waals surface area (Å²) >= 11 is 1.67. The zero-order valence-electron chi connectivity index (χ0n) is 15.1. The number of nitro groups is 1. The minimum atomic E-state index is -0.394. The van der Waals surface area contributed by atoms with Crippen LogP contribution in [0.1, 0.15) is 0 Å². The van der Waals surface area contributed by atoms with Gasteiger partial charge in [0.1, 0.15) is 0 Å². The lowest BCUT2D eigenvalue weighted by molar-refractivity contribution is -0.384. The third-order valence-corrected chi connectivity index (χ3v) is 5.28. The van der Waals surface area contributed by atoms with Crippen LogP contribution >= 0.6 is 11.8 Å². The minimum absolute atomic E-state index is 0.0179. The molecule has 0 aliphatic carbocycles. The van der Waals surface area contributed by atoms with Crippen molar-refractivity contribution >= 4 is 34.7 Å². The van der Waals surface area contributed by atoms with E-state index in [1.54, 1.807) is 23.9 Å². The largest absolute Gasteiger partial charge is 0.369 e. The molecule has 2 aromatic rings. The standard InChI is InChI=1S/C19H22N4O3S/c1-27-18-8-2-15(3-9-18)20-19(24)14-21-10-12-22(13-11-21)16-4-6-17(7-5-16)23(25)26/h2-9H,10-14H2,1H3,(H,20,24). The zero-order valence-corrected chi connectivity index (χ0v) is 15.9. The van der Waals surface area contributed by atoms with Crippen molar-refractivity contribution in [1.82, 2.24) is 4.90 Å². The predicted octanol–water partition coefficient (Wildman–Crippen LogP) is 3.08. The maximum absolute atomic E-state index is 12.3. The van der Waals surface area contributed by atoms with E-state index in [1.165, 1.54) is 12.1 Å². The fraction of sp³-hybridized carbons (Fsp3) is 0.316. The first-order valence-electron chi connectivity index (χ1n) is 8.71. The highest BCUT2D eigenvalue weighted by Gasteiger charge is 2.19. The normalized spacial score (nSPS) is 14.8. The molecule has 1 aliphatic rings. The monoisotopic (exact) mass is 386 g/mol. The summed E-state index contributed by atoms with van der Waals surface area (Å²) in [4.78, 5) is 28.1. The SMILES string of the molecule is CSc1ccc(NC(=O)CN2CCN(c3ccc([N+](=O)[O-])cc3)CC2)cc1. The first kappa shape index (κ1) is 19.2. The van der Waals surface area contributed by atoms with E-state index in [2.05, 4.69) is 15.1 Å². The van der Waals surface area contributed by atoms with Gasteiger partial charge >= 0.3 is 0 Å². The number of nitro benzene ring substituents is 1. The van der Waals surface area contributed by atoms with Gasteiger partial charge in [-0.25, -0.2) is 0 Å². The molecule has 142 valence electrons. The number of carbonyl (C=O) groups excluding carboxylic acids is 1. The van der Waals surface area contributed by atoms with Crippen LogP contribution in [0.2, 0.25) is 0 Å². The topological polar surface area (TPSA) is 78.7 Å². The summed E-state index contributed by atoms with van der Waals surface area (Å²) in [6, 6.07) is 14.4. The van der Waals surface area contributed by atoms with Crippen molar-refractivity contribution in [3.63, 3.8) is 0 Å². The minimum Gasteiger partial charge on any atom is -0.369 e. The number of hydrogen-bond donors (Lipinski definition) is 1. The van der Waals surface area contributed by atoms with Crippen LogP contribution in [0.5, 0.6) is 0 Å². The molecule has 1 saturated heterocycles. The molecule has 0 spiro atoms. The van der Waals surface area contributed by atoms with Crippen LogP contribution in [0.25, 0.3) is 0 Å². The van der Waals surface area contributed by atoms with Crippen LogP contribution in [-0.2, 0) is 4.79 Å². The number of non-ortho nitro benzene ring substituents is 1. The van der Waals surface area contributed by atoms with Crippen molar-refractivity contribution in [3.05, 3.63) is 58.6 Å². The van der Waals surface area contributed by atoms with Gasteiger partial charge in [-0.2, -0.15) is 0 Å². The summed E-state index contributed by atoms with van der Waals surface area (Å²) in [5.41, 5.74) is 1.88. The Bertz CT molecular complexity index is 788. The fourth-order valence-corrected chi connectivity index (χ4v) is 3.44. The molecule has 3 rings (SSSR count). The van der Waals surface area contributed by atoms with Gasteiger partial charge in [0, 0.05) is 54.6 Å². The van der Waals surface area contributed by atoms with E-state index in [0.29, 0.717) is 6.54 Å². The molecular weight excluding hydrogens is 364 g/mol. The summed E-state index contributed by atoms with van der Waals surface area (Å²) in [6.07, 6.45) is 2.02. The molecular formula is C19H22N4O3S. The molecule has 0 aromatic heterocycles. The number of anilines is 2. The average Bonchev–Trinajstić information content (AvgIpc) is 2.69. The Morgan fingerprint density at radius 3 is 2.26 bits per heavy atom.